The summed E-state index contributed by atoms with van der Waals surface area (Å²) in [4.78, 5) is 14.0. The van der Waals surface area contributed by atoms with Gasteiger partial charge in [-0.2, -0.15) is 0 Å². The van der Waals surface area contributed by atoms with Crippen LogP contribution in [0.4, 0.5) is 0 Å². The highest BCUT2D eigenvalue weighted by molar-refractivity contribution is 7.09. The maximum Gasteiger partial charge on any atom is 0.355 e. The van der Waals surface area contributed by atoms with Gasteiger partial charge < -0.3 is 10.2 Å². The van der Waals surface area contributed by atoms with Crippen LogP contribution in [0.15, 0.2) is 5.38 Å². The average Bonchev–Trinajstić information content (AvgIpc) is 2.33. The van der Waals surface area contributed by atoms with Crippen LogP contribution in [0.1, 0.15) is 28.5 Å². The first-order chi connectivity index (χ1) is 5.11. The second kappa shape index (κ2) is 2.98. The highest BCUT2D eigenvalue weighted by Crippen LogP contribution is 2.16. The summed E-state index contributed by atoms with van der Waals surface area (Å²) in [6.45, 7) is 1.55. The van der Waals surface area contributed by atoms with Gasteiger partial charge in [-0.1, -0.05) is 0 Å². The van der Waals surface area contributed by atoms with Crippen LogP contribution in [0.2, 0.25) is 0 Å². The van der Waals surface area contributed by atoms with Crippen LogP contribution in [0.5, 0.6) is 0 Å². The molecule has 60 valence electrons. The van der Waals surface area contributed by atoms with E-state index in [1.54, 1.807) is 6.92 Å². The third kappa shape index (κ3) is 1.75. The van der Waals surface area contributed by atoms with Gasteiger partial charge in [0, 0.05) is 5.38 Å². The van der Waals surface area contributed by atoms with E-state index in [4.69, 9.17) is 10.2 Å². The Morgan fingerprint density at radius 2 is 2.45 bits per heavy atom. The minimum Gasteiger partial charge on any atom is -0.476 e. The van der Waals surface area contributed by atoms with Crippen molar-refractivity contribution in [3.8, 4) is 0 Å². The van der Waals surface area contributed by atoms with Crippen LogP contribution >= 0.6 is 11.3 Å². The standard InChI is InChI=1S/C6H7NO3S/c1-3(8)5-7-4(2-11-5)6(9)10/h2-3,8H,1H3,(H,9,10). The van der Waals surface area contributed by atoms with Gasteiger partial charge in [0.1, 0.15) is 11.1 Å². The molecule has 0 bridgehead atoms. The fourth-order valence-electron chi connectivity index (χ4n) is 0.578. The first-order valence-corrected chi connectivity index (χ1v) is 3.86. The quantitative estimate of drug-likeness (QED) is 0.696. The molecule has 1 heterocycles. The smallest absolute Gasteiger partial charge is 0.355 e. The number of hydrogen-bond acceptors (Lipinski definition) is 4. The Morgan fingerprint density at radius 1 is 1.82 bits per heavy atom. The van der Waals surface area contributed by atoms with E-state index in [0.717, 1.165) is 11.3 Å². The molecule has 5 heteroatoms. The summed E-state index contributed by atoms with van der Waals surface area (Å²) in [6.07, 6.45) is -0.687. The second-order valence-corrected chi connectivity index (χ2v) is 2.94. The number of hydrogen-bond donors (Lipinski definition) is 2. The number of carbonyl (C=O) groups is 1. The van der Waals surface area contributed by atoms with Crippen LogP contribution in [0, 0.1) is 0 Å². The van der Waals surface area contributed by atoms with Gasteiger partial charge in [0.25, 0.3) is 0 Å². The zero-order chi connectivity index (χ0) is 8.43. The van der Waals surface area contributed by atoms with Crippen molar-refractivity contribution >= 4 is 17.3 Å². The van der Waals surface area contributed by atoms with Gasteiger partial charge in [-0.15, -0.1) is 11.3 Å². The number of aliphatic hydroxyl groups is 1. The number of nitrogens with zero attached hydrogens (tertiary/aromatic N) is 1. The predicted octanol–water partition coefficient (Wildman–Crippen LogP) is 0.895. The molecule has 0 fully saturated rings. The first-order valence-electron chi connectivity index (χ1n) is 2.98. The maximum absolute atomic E-state index is 10.3. The number of aromatic nitrogens is 1. The number of aliphatic hydroxyl groups excluding tert-OH is 1. The van der Waals surface area contributed by atoms with Gasteiger partial charge in [-0.05, 0) is 6.92 Å². The van der Waals surface area contributed by atoms with Crippen molar-refractivity contribution in [2.75, 3.05) is 0 Å². The van der Waals surface area contributed by atoms with E-state index in [1.165, 1.54) is 5.38 Å². The third-order valence-corrected chi connectivity index (χ3v) is 2.11. The van der Waals surface area contributed by atoms with E-state index in [0.29, 0.717) is 5.01 Å². The van der Waals surface area contributed by atoms with E-state index in [1.807, 2.05) is 0 Å². The third-order valence-electron chi connectivity index (χ3n) is 1.10. The monoisotopic (exact) mass is 173 g/mol. The Kier molecular flexibility index (Phi) is 2.21. The lowest BCUT2D eigenvalue weighted by molar-refractivity contribution is 0.0690. The number of carboxylic acids is 1. The van der Waals surface area contributed by atoms with Crippen molar-refractivity contribution in [2.45, 2.75) is 13.0 Å². The number of thiazole rings is 1. The van der Waals surface area contributed by atoms with Crippen LogP contribution in [-0.4, -0.2) is 21.2 Å². The van der Waals surface area contributed by atoms with E-state index in [9.17, 15) is 4.79 Å². The molecule has 1 rings (SSSR count). The van der Waals surface area contributed by atoms with Crippen molar-refractivity contribution in [3.63, 3.8) is 0 Å². The van der Waals surface area contributed by atoms with E-state index < -0.39 is 12.1 Å². The SMILES string of the molecule is CC(O)c1nc(C(=O)O)cs1. The Bertz CT molecular complexity index is 269. The lowest BCUT2D eigenvalue weighted by Gasteiger charge is -1.94. The lowest BCUT2D eigenvalue weighted by Crippen LogP contribution is -1.97. The van der Waals surface area contributed by atoms with Crippen LogP contribution in [0.25, 0.3) is 0 Å². The minimum atomic E-state index is -1.06. The molecule has 0 saturated carbocycles. The summed E-state index contributed by atoms with van der Waals surface area (Å²) in [5.41, 5.74) is -0.00843. The molecule has 11 heavy (non-hydrogen) atoms. The number of carboxylic acid groups (broad SMARTS) is 1. The zero-order valence-electron chi connectivity index (χ0n) is 5.81. The fourth-order valence-corrected chi connectivity index (χ4v) is 1.31. The Balaban J connectivity index is 2.90. The van der Waals surface area contributed by atoms with Gasteiger partial charge in [0.15, 0.2) is 5.69 Å². The van der Waals surface area contributed by atoms with Crippen molar-refractivity contribution in [3.05, 3.63) is 16.1 Å². The van der Waals surface area contributed by atoms with Gasteiger partial charge >= 0.3 is 5.97 Å². The average molecular weight is 173 g/mol. The Labute approximate surface area is 67.1 Å². The van der Waals surface area contributed by atoms with E-state index in [-0.39, 0.29) is 5.69 Å². The van der Waals surface area contributed by atoms with Crippen LogP contribution < -0.4 is 0 Å². The molecule has 0 amide bonds. The molecule has 1 unspecified atom stereocenters. The summed E-state index contributed by atoms with van der Waals surface area (Å²) in [7, 11) is 0. The molecule has 1 atom stereocenters. The molecule has 2 N–H and O–H groups in total. The molecule has 0 radical (unpaired) electrons. The van der Waals surface area contributed by atoms with Gasteiger partial charge in [0.2, 0.25) is 0 Å². The lowest BCUT2D eigenvalue weighted by atomic mass is 10.4. The van der Waals surface area contributed by atoms with Crippen molar-refractivity contribution in [1.82, 2.24) is 4.98 Å². The van der Waals surface area contributed by atoms with Crippen molar-refractivity contribution in [1.29, 1.82) is 0 Å². The number of rotatable bonds is 2. The summed E-state index contributed by atoms with van der Waals surface area (Å²) < 4.78 is 0. The fraction of sp³-hybridized carbons (Fsp3) is 0.333. The molecule has 0 aliphatic heterocycles. The van der Waals surface area contributed by atoms with Gasteiger partial charge in [0.05, 0.1) is 0 Å². The predicted molar refractivity (Wildman–Crippen MR) is 39.7 cm³/mol. The van der Waals surface area contributed by atoms with Gasteiger partial charge in [-0.25, -0.2) is 9.78 Å². The topological polar surface area (TPSA) is 70.4 Å². The normalized spacial score (nSPS) is 12.9. The number of aromatic carboxylic acids is 1. The summed E-state index contributed by atoms with van der Waals surface area (Å²) >= 11 is 1.14. The highest BCUT2D eigenvalue weighted by Gasteiger charge is 2.10. The first kappa shape index (κ1) is 8.16. The minimum absolute atomic E-state index is 0.00843. The summed E-state index contributed by atoms with van der Waals surface area (Å²) in [5, 5.41) is 19.3. The zero-order valence-corrected chi connectivity index (χ0v) is 6.63. The molecule has 0 aromatic carbocycles. The largest absolute Gasteiger partial charge is 0.476 e. The van der Waals surface area contributed by atoms with Crippen LogP contribution in [0.3, 0.4) is 0 Å². The van der Waals surface area contributed by atoms with Gasteiger partial charge in [-0.3, -0.25) is 0 Å². The molecule has 4 nitrogen and oxygen atoms in total. The second-order valence-electron chi connectivity index (χ2n) is 2.05. The van der Waals surface area contributed by atoms with E-state index in [2.05, 4.69) is 4.98 Å². The maximum atomic E-state index is 10.3. The molecule has 1 aromatic rings. The molecular formula is C6H7NO3S. The molecule has 0 aliphatic carbocycles. The summed E-state index contributed by atoms with van der Waals surface area (Å²) in [6, 6.07) is 0. The van der Waals surface area contributed by atoms with Crippen molar-refractivity contribution in [2.24, 2.45) is 0 Å². The molecule has 1 aromatic heterocycles. The van der Waals surface area contributed by atoms with Crippen molar-refractivity contribution < 1.29 is 15.0 Å². The Hall–Kier alpha value is -0.940. The van der Waals surface area contributed by atoms with Crippen LogP contribution in [-0.2, 0) is 0 Å². The Morgan fingerprint density at radius 3 is 2.73 bits per heavy atom. The molecule has 0 saturated heterocycles. The molecular weight excluding hydrogens is 166 g/mol. The molecule has 0 spiro atoms. The molecule has 0 aliphatic rings. The summed E-state index contributed by atoms with van der Waals surface area (Å²) in [5.74, 6) is -1.06. The van der Waals surface area contributed by atoms with E-state index >= 15 is 0 Å². The highest BCUT2D eigenvalue weighted by atomic mass is 32.1.